The summed E-state index contributed by atoms with van der Waals surface area (Å²) >= 11 is 0. The number of ether oxygens (including phenoxy) is 1. The summed E-state index contributed by atoms with van der Waals surface area (Å²) in [5.74, 6) is 1.38. The van der Waals surface area contributed by atoms with E-state index in [1.165, 1.54) is 0 Å². The molecule has 0 aliphatic heterocycles. The van der Waals surface area contributed by atoms with Gasteiger partial charge < -0.3 is 9.84 Å². The molecule has 0 aliphatic rings. The average Bonchev–Trinajstić information content (AvgIpc) is 2.81. The molecule has 6 heteroatoms. The number of benzene rings is 3. The van der Waals surface area contributed by atoms with Gasteiger partial charge in [-0.15, -0.1) is 0 Å². The number of aromatic nitrogens is 2. The van der Waals surface area contributed by atoms with Gasteiger partial charge in [0.1, 0.15) is 11.5 Å². The molecule has 0 aliphatic carbocycles. The molecule has 0 saturated carbocycles. The van der Waals surface area contributed by atoms with Crippen LogP contribution in [0.1, 0.15) is 5.56 Å². The predicted molar refractivity (Wildman–Crippen MR) is 119 cm³/mol. The molecule has 2 N–H and O–H groups in total. The van der Waals surface area contributed by atoms with Gasteiger partial charge in [0.2, 0.25) is 5.95 Å². The van der Waals surface area contributed by atoms with Crippen LogP contribution in [0.2, 0.25) is 0 Å². The molecule has 0 fully saturated rings. The molecule has 4 aromatic rings. The van der Waals surface area contributed by atoms with Crippen LogP contribution >= 0.6 is 0 Å². The fraction of sp³-hybridized carbons (Fsp3) is 0.0417. The zero-order valence-electron chi connectivity index (χ0n) is 16.4. The lowest BCUT2D eigenvalue weighted by Gasteiger charge is -2.09. The maximum absolute atomic E-state index is 9.38. The first-order valence-electron chi connectivity index (χ1n) is 9.38. The molecule has 4 rings (SSSR count). The van der Waals surface area contributed by atoms with Crippen molar-refractivity contribution in [1.82, 2.24) is 9.97 Å². The van der Waals surface area contributed by atoms with E-state index >= 15 is 0 Å². The summed E-state index contributed by atoms with van der Waals surface area (Å²) in [6.45, 7) is 0. The highest BCUT2D eigenvalue weighted by atomic mass is 16.5. The van der Waals surface area contributed by atoms with Crippen LogP contribution in [0.3, 0.4) is 0 Å². The summed E-state index contributed by atoms with van der Waals surface area (Å²) in [6.07, 6.45) is 1.64. The first-order valence-corrected chi connectivity index (χ1v) is 9.38. The third-order valence-electron chi connectivity index (χ3n) is 4.45. The minimum Gasteiger partial charge on any atom is -0.508 e. The first kappa shape index (κ1) is 19.1. The van der Waals surface area contributed by atoms with E-state index in [0.717, 1.165) is 33.8 Å². The summed E-state index contributed by atoms with van der Waals surface area (Å²) < 4.78 is 5.24. The molecule has 0 bridgehead atoms. The summed E-state index contributed by atoms with van der Waals surface area (Å²) in [7, 11) is 1.64. The van der Waals surface area contributed by atoms with E-state index in [2.05, 4.69) is 20.5 Å². The molecule has 0 radical (unpaired) electrons. The van der Waals surface area contributed by atoms with E-state index in [0.29, 0.717) is 5.95 Å². The molecular weight excluding hydrogens is 376 g/mol. The third kappa shape index (κ3) is 4.62. The highest BCUT2D eigenvalue weighted by Crippen LogP contribution is 2.26. The van der Waals surface area contributed by atoms with Gasteiger partial charge in [-0.25, -0.2) is 15.4 Å². The number of nitrogens with one attached hydrogen (secondary N) is 1. The Hall–Kier alpha value is -4.19. The largest absolute Gasteiger partial charge is 0.508 e. The van der Waals surface area contributed by atoms with Crippen molar-refractivity contribution in [2.45, 2.75) is 0 Å². The van der Waals surface area contributed by atoms with E-state index in [9.17, 15) is 5.11 Å². The third-order valence-corrected chi connectivity index (χ3v) is 4.45. The predicted octanol–water partition coefficient (Wildman–Crippen LogP) is 4.97. The Balaban J connectivity index is 1.67. The second-order valence-corrected chi connectivity index (χ2v) is 6.52. The summed E-state index contributed by atoms with van der Waals surface area (Å²) in [5, 5.41) is 13.6. The van der Waals surface area contributed by atoms with E-state index < -0.39 is 0 Å². The van der Waals surface area contributed by atoms with E-state index in [4.69, 9.17) is 4.74 Å². The monoisotopic (exact) mass is 396 g/mol. The van der Waals surface area contributed by atoms with Crippen LogP contribution in [0, 0.1) is 0 Å². The fourth-order valence-corrected chi connectivity index (χ4v) is 2.89. The number of rotatable bonds is 6. The maximum atomic E-state index is 9.38. The van der Waals surface area contributed by atoms with E-state index in [1.807, 2.05) is 60.7 Å². The molecule has 0 atom stereocenters. The second-order valence-electron chi connectivity index (χ2n) is 6.52. The van der Waals surface area contributed by atoms with Gasteiger partial charge in [0.15, 0.2) is 0 Å². The van der Waals surface area contributed by atoms with Gasteiger partial charge in [-0.05, 0) is 60.2 Å². The van der Waals surface area contributed by atoms with Crippen molar-refractivity contribution in [3.05, 3.63) is 90.5 Å². The van der Waals surface area contributed by atoms with Crippen LogP contribution in [-0.2, 0) is 0 Å². The molecule has 30 heavy (non-hydrogen) atoms. The van der Waals surface area contributed by atoms with Gasteiger partial charge in [0.05, 0.1) is 24.7 Å². The Bertz CT molecular complexity index is 1140. The summed E-state index contributed by atoms with van der Waals surface area (Å²) in [6, 6.07) is 26.3. The van der Waals surface area contributed by atoms with Crippen LogP contribution in [0.15, 0.2) is 90.0 Å². The highest BCUT2D eigenvalue weighted by Gasteiger charge is 2.08. The maximum Gasteiger partial charge on any atom is 0.244 e. The number of aromatic hydroxyl groups is 1. The molecule has 148 valence electrons. The number of hydrogen-bond acceptors (Lipinski definition) is 6. The average molecular weight is 396 g/mol. The SMILES string of the molecule is COc1ccc(-c2cc(-c3ccccc3)nc(NN=Cc3ccc(O)cc3)n2)cc1. The number of phenolic OH excluding ortho intramolecular Hbond substituents is 1. The number of phenols is 1. The van der Waals surface area contributed by atoms with Crippen molar-refractivity contribution in [2.24, 2.45) is 5.10 Å². The molecule has 0 unspecified atom stereocenters. The van der Waals surface area contributed by atoms with E-state index in [-0.39, 0.29) is 5.75 Å². The zero-order chi connectivity index (χ0) is 20.8. The Kier molecular flexibility index (Phi) is 5.66. The lowest BCUT2D eigenvalue weighted by Crippen LogP contribution is -2.00. The quantitative estimate of drug-likeness (QED) is 0.355. The molecule has 1 aromatic heterocycles. The van der Waals surface area contributed by atoms with Gasteiger partial charge in [0, 0.05) is 11.1 Å². The minimum absolute atomic E-state index is 0.211. The zero-order valence-corrected chi connectivity index (χ0v) is 16.4. The second kappa shape index (κ2) is 8.87. The van der Waals surface area contributed by atoms with Crippen LogP contribution in [-0.4, -0.2) is 28.4 Å². The van der Waals surface area contributed by atoms with Crippen molar-refractivity contribution in [3.63, 3.8) is 0 Å². The van der Waals surface area contributed by atoms with Crippen molar-refractivity contribution in [2.75, 3.05) is 12.5 Å². The first-order chi connectivity index (χ1) is 14.7. The van der Waals surface area contributed by atoms with Gasteiger partial charge >= 0.3 is 0 Å². The van der Waals surface area contributed by atoms with Crippen LogP contribution < -0.4 is 10.2 Å². The summed E-state index contributed by atoms with van der Waals surface area (Å²) in [4.78, 5) is 9.22. The van der Waals surface area contributed by atoms with Crippen molar-refractivity contribution in [1.29, 1.82) is 0 Å². The Morgan fingerprint density at radius 2 is 1.47 bits per heavy atom. The Morgan fingerprint density at radius 1 is 0.833 bits per heavy atom. The highest BCUT2D eigenvalue weighted by molar-refractivity contribution is 5.80. The van der Waals surface area contributed by atoms with Crippen molar-refractivity contribution in [3.8, 4) is 34.0 Å². The molecular formula is C24H20N4O2. The molecule has 0 spiro atoms. The number of methoxy groups -OCH3 is 1. The smallest absolute Gasteiger partial charge is 0.244 e. The number of hydrazone groups is 1. The standard InChI is InChI=1S/C24H20N4O2/c1-30-21-13-9-19(10-14-21)23-15-22(18-5-3-2-4-6-18)26-24(27-23)28-25-16-17-7-11-20(29)12-8-17/h2-16,29H,1H3,(H,26,27,28). The molecule has 0 amide bonds. The van der Waals surface area contributed by atoms with Crippen LogP contribution in [0.5, 0.6) is 11.5 Å². The fourth-order valence-electron chi connectivity index (χ4n) is 2.89. The Labute approximate surface area is 174 Å². The molecule has 3 aromatic carbocycles. The normalized spacial score (nSPS) is 10.8. The Morgan fingerprint density at radius 3 is 2.10 bits per heavy atom. The molecule has 0 saturated heterocycles. The van der Waals surface area contributed by atoms with Crippen LogP contribution in [0.25, 0.3) is 22.5 Å². The number of nitrogens with zero attached hydrogens (tertiary/aromatic N) is 3. The van der Waals surface area contributed by atoms with Gasteiger partial charge in [0.25, 0.3) is 0 Å². The summed E-state index contributed by atoms with van der Waals surface area (Å²) in [5.41, 5.74) is 7.25. The molecule has 1 heterocycles. The van der Waals surface area contributed by atoms with E-state index in [1.54, 1.807) is 37.6 Å². The van der Waals surface area contributed by atoms with Crippen molar-refractivity contribution < 1.29 is 9.84 Å². The molecule has 6 nitrogen and oxygen atoms in total. The van der Waals surface area contributed by atoms with Gasteiger partial charge in [-0.3, -0.25) is 0 Å². The van der Waals surface area contributed by atoms with Gasteiger partial charge in [-0.1, -0.05) is 30.3 Å². The number of anilines is 1. The van der Waals surface area contributed by atoms with Crippen LogP contribution in [0.4, 0.5) is 5.95 Å². The van der Waals surface area contributed by atoms with Gasteiger partial charge in [-0.2, -0.15) is 5.10 Å². The van der Waals surface area contributed by atoms with Crippen molar-refractivity contribution >= 4 is 12.2 Å². The number of hydrogen-bond donors (Lipinski definition) is 2. The lowest BCUT2D eigenvalue weighted by atomic mass is 10.1. The minimum atomic E-state index is 0.211. The lowest BCUT2D eigenvalue weighted by molar-refractivity contribution is 0.415. The topological polar surface area (TPSA) is 79.6 Å².